The molecule has 0 aliphatic rings. The first-order valence-corrected chi connectivity index (χ1v) is 8.64. The minimum atomic E-state index is -0.643. The maximum absolute atomic E-state index is 13.3. The average Bonchev–Trinajstić information content (AvgIpc) is 2.68. The number of anilines is 2. The van der Waals surface area contributed by atoms with E-state index >= 15 is 0 Å². The fraction of sp³-hybridized carbons (Fsp3) is 0. The molecule has 3 aromatic rings. The van der Waals surface area contributed by atoms with Gasteiger partial charge in [-0.3, -0.25) is 19.7 Å². The minimum Gasteiger partial charge on any atom is -0.322 e. The molecule has 0 radical (unpaired) electrons. The summed E-state index contributed by atoms with van der Waals surface area (Å²) in [4.78, 5) is 35.3. The van der Waals surface area contributed by atoms with Crippen molar-refractivity contribution < 1.29 is 18.9 Å². The van der Waals surface area contributed by atoms with E-state index in [2.05, 4.69) is 10.6 Å². The Kier molecular flexibility index (Phi) is 5.85. The summed E-state index contributed by atoms with van der Waals surface area (Å²) in [6.45, 7) is 0. The summed E-state index contributed by atoms with van der Waals surface area (Å²) < 4.78 is 13.3. The molecule has 0 unspecified atom stereocenters. The number of non-ortho nitro benzene ring substituents is 1. The zero-order chi connectivity index (χ0) is 21.0. The quantitative estimate of drug-likeness (QED) is 0.459. The van der Waals surface area contributed by atoms with Gasteiger partial charge in [-0.15, -0.1) is 0 Å². The van der Waals surface area contributed by atoms with Gasteiger partial charge in [0.25, 0.3) is 17.5 Å². The highest BCUT2D eigenvalue weighted by Gasteiger charge is 2.18. The number of para-hydroxylation sites is 1. The van der Waals surface area contributed by atoms with Crippen molar-refractivity contribution in [2.75, 3.05) is 10.6 Å². The van der Waals surface area contributed by atoms with Gasteiger partial charge in [-0.2, -0.15) is 0 Å². The summed E-state index contributed by atoms with van der Waals surface area (Å²) in [6.07, 6.45) is 0. The number of halogens is 2. The summed E-state index contributed by atoms with van der Waals surface area (Å²) >= 11 is 5.98. The van der Waals surface area contributed by atoms with E-state index in [1.54, 1.807) is 12.1 Å². The van der Waals surface area contributed by atoms with Gasteiger partial charge in [0, 0.05) is 17.8 Å². The Morgan fingerprint density at radius 2 is 1.62 bits per heavy atom. The third-order valence-electron chi connectivity index (χ3n) is 3.91. The van der Waals surface area contributed by atoms with Crippen LogP contribution in [0.3, 0.4) is 0 Å². The van der Waals surface area contributed by atoms with Crippen LogP contribution in [0.25, 0.3) is 0 Å². The molecule has 0 fully saturated rings. The molecular weight excluding hydrogens is 401 g/mol. The lowest BCUT2D eigenvalue weighted by Gasteiger charge is -2.12. The molecule has 9 heteroatoms. The summed E-state index contributed by atoms with van der Waals surface area (Å²) in [7, 11) is 0. The molecule has 2 N–H and O–H groups in total. The van der Waals surface area contributed by atoms with Gasteiger partial charge in [-0.25, -0.2) is 4.39 Å². The second-order valence-corrected chi connectivity index (χ2v) is 6.29. The maximum atomic E-state index is 13.3. The van der Waals surface area contributed by atoms with Gasteiger partial charge >= 0.3 is 0 Å². The van der Waals surface area contributed by atoms with Gasteiger partial charge in [-0.05, 0) is 36.4 Å². The van der Waals surface area contributed by atoms with Gasteiger partial charge in [0.15, 0.2) is 0 Å². The van der Waals surface area contributed by atoms with Crippen molar-refractivity contribution in [1.82, 2.24) is 0 Å². The van der Waals surface area contributed by atoms with E-state index in [0.29, 0.717) is 0 Å². The molecule has 146 valence electrons. The third-order valence-corrected chi connectivity index (χ3v) is 4.22. The van der Waals surface area contributed by atoms with E-state index in [1.807, 2.05) is 0 Å². The molecule has 29 heavy (non-hydrogen) atoms. The Morgan fingerprint density at radius 3 is 2.31 bits per heavy atom. The molecule has 0 saturated heterocycles. The van der Waals surface area contributed by atoms with Crippen LogP contribution in [0.2, 0.25) is 5.02 Å². The van der Waals surface area contributed by atoms with Crippen molar-refractivity contribution >= 4 is 40.5 Å². The number of hydrogen-bond donors (Lipinski definition) is 2. The van der Waals surface area contributed by atoms with E-state index in [0.717, 1.165) is 18.2 Å². The van der Waals surface area contributed by atoms with Crippen LogP contribution >= 0.6 is 11.6 Å². The van der Waals surface area contributed by atoms with E-state index in [1.165, 1.54) is 36.4 Å². The average molecular weight is 414 g/mol. The molecular formula is C20H13ClFN3O4. The Balaban J connectivity index is 1.83. The zero-order valence-electron chi connectivity index (χ0n) is 14.7. The van der Waals surface area contributed by atoms with Gasteiger partial charge in [-0.1, -0.05) is 29.8 Å². The van der Waals surface area contributed by atoms with Gasteiger partial charge in [0.2, 0.25) is 0 Å². The van der Waals surface area contributed by atoms with Crippen LogP contribution in [-0.2, 0) is 0 Å². The lowest BCUT2D eigenvalue weighted by Crippen LogP contribution is -2.18. The number of rotatable bonds is 5. The number of carbonyl (C=O) groups excluding carboxylic acids is 2. The van der Waals surface area contributed by atoms with Crippen LogP contribution in [0.5, 0.6) is 0 Å². The molecule has 0 aromatic heterocycles. The predicted octanol–water partition coefficient (Wildman–Crippen LogP) is 4.89. The zero-order valence-corrected chi connectivity index (χ0v) is 15.4. The second kappa shape index (κ2) is 8.49. The van der Waals surface area contributed by atoms with E-state index in [-0.39, 0.29) is 33.2 Å². The van der Waals surface area contributed by atoms with Crippen molar-refractivity contribution in [1.29, 1.82) is 0 Å². The Labute approximate surface area is 169 Å². The van der Waals surface area contributed by atoms with Gasteiger partial charge in [0.1, 0.15) is 5.82 Å². The number of nitrogens with one attached hydrogen (secondary N) is 2. The molecule has 0 aliphatic heterocycles. The molecule has 3 aromatic carbocycles. The van der Waals surface area contributed by atoms with E-state index < -0.39 is 22.6 Å². The lowest BCUT2D eigenvalue weighted by atomic mass is 10.1. The highest BCUT2D eigenvalue weighted by Crippen LogP contribution is 2.24. The van der Waals surface area contributed by atoms with E-state index in [4.69, 9.17) is 11.6 Å². The lowest BCUT2D eigenvalue weighted by molar-refractivity contribution is -0.384. The molecule has 3 rings (SSSR count). The van der Waals surface area contributed by atoms with Gasteiger partial charge < -0.3 is 10.6 Å². The van der Waals surface area contributed by atoms with Crippen LogP contribution in [0.1, 0.15) is 20.7 Å². The van der Waals surface area contributed by atoms with Crippen LogP contribution in [-0.4, -0.2) is 16.7 Å². The fourth-order valence-corrected chi connectivity index (χ4v) is 2.81. The van der Waals surface area contributed by atoms with Crippen molar-refractivity contribution in [3.63, 3.8) is 0 Å². The molecule has 0 heterocycles. The molecule has 2 amide bonds. The van der Waals surface area contributed by atoms with E-state index in [9.17, 15) is 24.1 Å². The van der Waals surface area contributed by atoms with Crippen molar-refractivity contribution in [2.24, 2.45) is 0 Å². The van der Waals surface area contributed by atoms with Crippen LogP contribution in [0.4, 0.5) is 21.5 Å². The largest absolute Gasteiger partial charge is 0.322 e. The number of nitrogens with zero attached hydrogens (tertiary/aromatic N) is 1. The topological polar surface area (TPSA) is 101 Å². The molecule has 0 aliphatic carbocycles. The third kappa shape index (κ3) is 4.74. The number of nitro benzene ring substituents is 1. The standard InChI is InChI=1S/C20H13ClFN3O4/c21-17-11-14(25(28)29)8-9-15(17)19(26)24-18-7-2-1-6-16(18)20(27)23-13-5-3-4-12(22)10-13/h1-11H,(H,23,27)(H,24,26). The first kappa shape index (κ1) is 20.0. The smallest absolute Gasteiger partial charge is 0.270 e. The monoisotopic (exact) mass is 413 g/mol. The van der Waals surface area contributed by atoms with Crippen LogP contribution in [0.15, 0.2) is 66.7 Å². The first-order chi connectivity index (χ1) is 13.8. The first-order valence-electron chi connectivity index (χ1n) is 8.26. The Bertz CT molecular complexity index is 1120. The normalized spacial score (nSPS) is 10.3. The minimum absolute atomic E-state index is 0.0117. The SMILES string of the molecule is O=C(Nc1ccccc1C(=O)Nc1cccc(F)c1)c1ccc([N+](=O)[O-])cc1Cl. The summed E-state index contributed by atoms with van der Waals surface area (Å²) in [6, 6.07) is 15.1. The number of carbonyl (C=O) groups is 2. The molecule has 0 bridgehead atoms. The highest BCUT2D eigenvalue weighted by atomic mass is 35.5. The molecule has 0 spiro atoms. The second-order valence-electron chi connectivity index (χ2n) is 5.89. The number of hydrogen-bond acceptors (Lipinski definition) is 4. The predicted molar refractivity (Wildman–Crippen MR) is 107 cm³/mol. The number of nitro groups is 1. The fourth-order valence-electron chi connectivity index (χ4n) is 2.55. The van der Waals surface area contributed by atoms with Gasteiger partial charge in [0.05, 0.1) is 26.8 Å². The van der Waals surface area contributed by atoms with Crippen LogP contribution < -0.4 is 10.6 Å². The van der Waals surface area contributed by atoms with Crippen molar-refractivity contribution in [3.8, 4) is 0 Å². The Morgan fingerprint density at radius 1 is 0.897 bits per heavy atom. The molecule has 0 atom stereocenters. The summed E-state index contributed by atoms with van der Waals surface area (Å²) in [5.74, 6) is -1.70. The maximum Gasteiger partial charge on any atom is 0.270 e. The Hall–Kier alpha value is -3.78. The molecule has 7 nitrogen and oxygen atoms in total. The summed E-state index contributed by atoms with van der Waals surface area (Å²) in [5.41, 5.74) is 0.359. The number of benzene rings is 3. The molecule has 0 saturated carbocycles. The van der Waals surface area contributed by atoms with Crippen LogP contribution in [0, 0.1) is 15.9 Å². The van der Waals surface area contributed by atoms with Crippen molar-refractivity contribution in [3.05, 3.63) is 98.8 Å². The van der Waals surface area contributed by atoms with Crippen molar-refractivity contribution in [2.45, 2.75) is 0 Å². The highest BCUT2D eigenvalue weighted by molar-refractivity contribution is 6.34. The summed E-state index contributed by atoms with van der Waals surface area (Å²) in [5, 5.41) is 15.8. The number of amides is 2.